The maximum atomic E-state index is 13.3. The second-order valence-corrected chi connectivity index (χ2v) is 10.4. The summed E-state index contributed by atoms with van der Waals surface area (Å²) < 4.78 is -1.92. The summed E-state index contributed by atoms with van der Waals surface area (Å²) in [7, 11) is 0. The summed E-state index contributed by atoms with van der Waals surface area (Å²) in [6, 6.07) is 12.9. The quantitative estimate of drug-likeness (QED) is 0.371. The van der Waals surface area contributed by atoms with Crippen molar-refractivity contribution in [3.63, 3.8) is 0 Å². The van der Waals surface area contributed by atoms with Crippen LogP contribution < -0.4 is 4.90 Å². The molecule has 2 fully saturated rings. The predicted octanol–water partition coefficient (Wildman–Crippen LogP) is 5.79. The van der Waals surface area contributed by atoms with Crippen molar-refractivity contribution in [2.24, 2.45) is 11.8 Å². The Hall–Kier alpha value is -0.680. The topological polar surface area (TPSA) is 37.4 Å². The van der Waals surface area contributed by atoms with Crippen LogP contribution in [0.5, 0.6) is 0 Å². The first-order valence-corrected chi connectivity index (χ1v) is 10.5. The van der Waals surface area contributed by atoms with E-state index in [-0.39, 0.29) is 10.1 Å². The molecule has 28 heavy (non-hydrogen) atoms. The summed E-state index contributed by atoms with van der Waals surface area (Å²) in [6.07, 6.45) is 0. The van der Waals surface area contributed by atoms with Crippen LogP contribution in [0.1, 0.15) is 0 Å². The van der Waals surface area contributed by atoms with Crippen molar-refractivity contribution in [3.05, 3.63) is 52.5 Å². The molecule has 1 saturated carbocycles. The molecular formula is C19H9Cl6NO2. The van der Waals surface area contributed by atoms with E-state index in [4.69, 9.17) is 69.6 Å². The lowest BCUT2D eigenvalue weighted by atomic mass is 9.84. The normalized spacial score (nSPS) is 36.0. The van der Waals surface area contributed by atoms with Crippen molar-refractivity contribution in [2.75, 3.05) is 4.90 Å². The van der Waals surface area contributed by atoms with Crippen molar-refractivity contribution in [2.45, 2.75) is 14.1 Å². The van der Waals surface area contributed by atoms with E-state index in [9.17, 15) is 9.59 Å². The Morgan fingerprint density at radius 1 is 0.750 bits per heavy atom. The number of benzene rings is 2. The molecule has 0 N–H and O–H groups in total. The van der Waals surface area contributed by atoms with Crippen LogP contribution in [0.2, 0.25) is 0 Å². The van der Waals surface area contributed by atoms with Crippen LogP contribution in [0, 0.1) is 11.8 Å². The molecule has 5 rings (SSSR count). The number of anilines is 1. The first-order valence-electron chi connectivity index (χ1n) is 8.27. The van der Waals surface area contributed by atoms with E-state index in [1.165, 1.54) is 0 Å². The third-order valence-electron chi connectivity index (χ3n) is 5.90. The zero-order chi connectivity index (χ0) is 20.2. The van der Waals surface area contributed by atoms with Crippen molar-refractivity contribution in [1.82, 2.24) is 0 Å². The number of allylic oxidation sites excluding steroid dienone is 2. The minimum atomic E-state index is -1.92. The molecule has 2 bridgehead atoms. The molecule has 144 valence electrons. The minimum Gasteiger partial charge on any atom is -0.274 e. The van der Waals surface area contributed by atoms with Crippen LogP contribution >= 0.6 is 69.6 Å². The largest absolute Gasteiger partial charge is 0.274 e. The van der Waals surface area contributed by atoms with Gasteiger partial charge in [0.05, 0.1) is 27.6 Å². The number of hydrogen-bond donors (Lipinski definition) is 0. The standard InChI is InChI=1S/C19H9Cl6NO2/c20-13-14(21)18(23)12-11(17(13,22)19(18,24)25)15(27)26(16(12)28)10-6-5-8-3-1-2-4-9(8)7-10/h1-7,11-12H/t11-,12-,17-,18-/m1/s1. The molecule has 1 heterocycles. The second kappa shape index (κ2) is 5.72. The molecule has 2 amide bonds. The highest BCUT2D eigenvalue weighted by atomic mass is 35.5. The van der Waals surface area contributed by atoms with Gasteiger partial charge in [-0.05, 0) is 22.9 Å². The van der Waals surface area contributed by atoms with Gasteiger partial charge in [0.15, 0.2) is 4.33 Å². The number of fused-ring (bicyclic) bond motifs is 6. The van der Waals surface area contributed by atoms with Crippen LogP contribution in [0.4, 0.5) is 5.69 Å². The molecular weight excluding hydrogens is 487 g/mol. The average Bonchev–Trinajstić information content (AvgIpc) is 3.05. The van der Waals surface area contributed by atoms with E-state index in [0.717, 1.165) is 15.7 Å². The second-order valence-electron chi connectivity index (χ2n) is 7.12. The monoisotopic (exact) mass is 493 g/mol. The van der Waals surface area contributed by atoms with Gasteiger partial charge in [-0.3, -0.25) is 9.59 Å². The van der Waals surface area contributed by atoms with Gasteiger partial charge < -0.3 is 0 Å². The van der Waals surface area contributed by atoms with E-state index in [1.807, 2.05) is 30.3 Å². The Morgan fingerprint density at radius 3 is 1.79 bits per heavy atom. The Balaban J connectivity index is 1.68. The molecule has 4 atom stereocenters. The molecule has 1 saturated heterocycles. The van der Waals surface area contributed by atoms with Crippen molar-refractivity contribution >= 4 is 97.9 Å². The van der Waals surface area contributed by atoms with Gasteiger partial charge >= 0.3 is 0 Å². The molecule has 2 aromatic rings. The summed E-state index contributed by atoms with van der Waals surface area (Å²) >= 11 is 39.0. The van der Waals surface area contributed by atoms with Crippen molar-refractivity contribution < 1.29 is 9.59 Å². The fourth-order valence-electron chi connectivity index (χ4n) is 4.57. The van der Waals surface area contributed by atoms with Crippen LogP contribution in [0.3, 0.4) is 0 Å². The van der Waals surface area contributed by atoms with Crippen LogP contribution in [0.15, 0.2) is 52.5 Å². The Morgan fingerprint density at radius 2 is 1.25 bits per heavy atom. The number of carbonyl (C=O) groups is 2. The van der Waals surface area contributed by atoms with Gasteiger partial charge in [-0.15, -0.1) is 23.2 Å². The van der Waals surface area contributed by atoms with Gasteiger partial charge in [0, 0.05) is 0 Å². The number of nitrogens with zero attached hydrogens (tertiary/aromatic N) is 1. The van der Waals surface area contributed by atoms with Gasteiger partial charge in [-0.1, -0.05) is 76.7 Å². The van der Waals surface area contributed by atoms with Crippen LogP contribution in [-0.2, 0) is 9.59 Å². The molecule has 2 aromatic carbocycles. The zero-order valence-corrected chi connectivity index (χ0v) is 18.3. The number of rotatable bonds is 1. The van der Waals surface area contributed by atoms with Gasteiger partial charge in [0.1, 0.15) is 9.75 Å². The lowest BCUT2D eigenvalue weighted by Gasteiger charge is -2.34. The van der Waals surface area contributed by atoms with Crippen LogP contribution in [-0.4, -0.2) is 25.9 Å². The lowest BCUT2D eigenvalue weighted by molar-refractivity contribution is -0.123. The maximum Gasteiger partial charge on any atom is 0.240 e. The van der Waals surface area contributed by atoms with Gasteiger partial charge in [0.25, 0.3) is 0 Å². The van der Waals surface area contributed by atoms with Crippen molar-refractivity contribution in [1.29, 1.82) is 0 Å². The first kappa shape index (κ1) is 19.3. The Bertz CT molecular complexity index is 1080. The van der Waals surface area contributed by atoms with E-state index in [2.05, 4.69) is 0 Å². The molecule has 2 aliphatic carbocycles. The van der Waals surface area contributed by atoms with E-state index < -0.39 is 37.7 Å². The molecule has 9 heteroatoms. The van der Waals surface area contributed by atoms with E-state index in [1.54, 1.807) is 12.1 Å². The summed E-state index contributed by atoms with van der Waals surface area (Å²) in [4.78, 5) is 24.1. The molecule has 3 nitrogen and oxygen atoms in total. The highest BCUT2D eigenvalue weighted by Crippen LogP contribution is 2.77. The SMILES string of the molecule is O=C1[C@H]2[C@H](C(=O)N1c1ccc3ccccc3c1)[C@@]1(Cl)C(Cl)=C(Cl)[C@@]2(Cl)C1(Cl)Cl. The van der Waals surface area contributed by atoms with Crippen LogP contribution in [0.25, 0.3) is 10.8 Å². The third kappa shape index (κ3) is 1.88. The Labute approximate surface area is 190 Å². The van der Waals surface area contributed by atoms with Gasteiger partial charge in [-0.25, -0.2) is 4.90 Å². The lowest BCUT2D eigenvalue weighted by Crippen LogP contribution is -2.50. The number of hydrogen-bond acceptors (Lipinski definition) is 2. The summed E-state index contributed by atoms with van der Waals surface area (Å²) in [6.45, 7) is 0. The number of carbonyl (C=O) groups excluding carboxylic acids is 2. The van der Waals surface area contributed by atoms with E-state index in [0.29, 0.717) is 5.69 Å². The minimum absolute atomic E-state index is 0.0985. The number of imide groups is 1. The van der Waals surface area contributed by atoms with E-state index >= 15 is 0 Å². The number of halogens is 6. The number of amides is 2. The molecule has 0 aromatic heterocycles. The van der Waals surface area contributed by atoms with Crippen molar-refractivity contribution in [3.8, 4) is 0 Å². The predicted molar refractivity (Wildman–Crippen MR) is 114 cm³/mol. The summed E-state index contributed by atoms with van der Waals surface area (Å²) in [5, 5.41) is 1.65. The smallest absolute Gasteiger partial charge is 0.240 e. The molecule has 0 radical (unpaired) electrons. The highest BCUT2D eigenvalue weighted by Gasteiger charge is 2.87. The first-order chi connectivity index (χ1) is 13.1. The van der Waals surface area contributed by atoms with Gasteiger partial charge in [-0.2, -0.15) is 0 Å². The molecule has 3 aliphatic rings. The maximum absolute atomic E-state index is 13.3. The zero-order valence-electron chi connectivity index (χ0n) is 13.7. The van der Waals surface area contributed by atoms with Gasteiger partial charge in [0.2, 0.25) is 11.8 Å². The fourth-order valence-corrected chi connectivity index (χ4v) is 7.49. The molecule has 0 spiro atoms. The average molecular weight is 496 g/mol. The fraction of sp³-hybridized carbons (Fsp3) is 0.263. The summed E-state index contributed by atoms with van der Waals surface area (Å²) in [5.74, 6) is -3.38. The molecule has 1 aliphatic heterocycles. The Kier molecular flexibility index (Phi) is 3.94. The summed E-state index contributed by atoms with van der Waals surface area (Å²) in [5.41, 5.74) is 0.407. The highest BCUT2D eigenvalue weighted by molar-refractivity contribution is 6.67. The molecule has 0 unspecified atom stereocenters. The number of alkyl halides is 4. The third-order valence-corrected chi connectivity index (χ3v) is 10.2.